The molecule has 1 aromatic carbocycles. The van der Waals surface area contributed by atoms with E-state index in [-0.39, 0.29) is 0 Å². The number of aliphatic carboxylic acids is 1. The highest BCUT2D eigenvalue weighted by molar-refractivity contribution is 5.75. The minimum atomic E-state index is -1.53. The van der Waals surface area contributed by atoms with E-state index in [1.807, 2.05) is 6.92 Å². The molecule has 0 spiro atoms. The first-order valence-electron chi connectivity index (χ1n) is 5.97. The van der Waals surface area contributed by atoms with Crippen LogP contribution in [0.1, 0.15) is 30.6 Å². The van der Waals surface area contributed by atoms with Gasteiger partial charge in [0.2, 0.25) is 0 Å². The zero-order valence-corrected chi connectivity index (χ0v) is 10.2. The zero-order chi connectivity index (χ0) is 13.1. The Hall–Kier alpha value is -1.75. The van der Waals surface area contributed by atoms with Crippen molar-refractivity contribution < 1.29 is 24.5 Å². The van der Waals surface area contributed by atoms with Crippen molar-refractivity contribution in [3.05, 3.63) is 23.3 Å². The second-order valence-corrected chi connectivity index (χ2v) is 4.11. The Balaban J connectivity index is 2.49. The lowest BCUT2D eigenvalue weighted by atomic mass is 9.98. The number of carboxylic acid groups (broad SMARTS) is 1. The SMILES string of the molecule is CCc1c(C(O)C(=O)O)ccc2c1OCCCO2. The summed E-state index contributed by atoms with van der Waals surface area (Å²) >= 11 is 0. The Labute approximate surface area is 105 Å². The number of benzene rings is 1. The average molecular weight is 252 g/mol. The third kappa shape index (κ3) is 2.26. The maximum Gasteiger partial charge on any atom is 0.337 e. The van der Waals surface area contributed by atoms with Gasteiger partial charge in [-0.15, -0.1) is 0 Å². The van der Waals surface area contributed by atoms with E-state index in [2.05, 4.69) is 0 Å². The molecule has 0 aliphatic carbocycles. The first-order valence-corrected chi connectivity index (χ1v) is 5.97. The summed E-state index contributed by atoms with van der Waals surface area (Å²) in [7, 11) is 0. The van der Waals surface area contributed by atoms with Crippen LogP contribution in [0.25, 0.3) is 0 Å². The molecule has 2 rings (SSSR count). The van der Waals surface area contributed by atoms with Crippen molar-refractivity contribution >= 4 is 5.97 Å². The largest absolute Gasteiger partial charge is 0.490 e. The minimum Gasteiger partial charge on any atom is -0.490 e. The Bertz CT molecular complexity index is 455. The first kappa shape index (κ1) is 12.7. The molecule has 1 aliphatic heterocycles. The summed E-state index contributed by atoms with van der Waals surface area (Å²) in [6.07, 6.45) is -0.168. The van der Waals surface area contributed by atoms with Crippen molar-refractivity contribution in [3.8, 4) is 11.5 Å². The molecule has 0 fully saturated rings. The molecule has 98 valence electrons. The molecule has 0 aromatic heterocycles. The van der Waals surface area contributed by atoms with Crippen LogP contribution < -0.4 is 9.47 Å². The molecule has 0 radical (unpaired) electrons. The second-order valence-electron chi connectivity index (χ2n) is 4.11. The van der Waals surface area contributed by atoms with Crippen molar-refractivity contribution in [3.63, 3.8) is 0 Å². The van der Waals surface area contributed by atoms with Gasteiger partial charge >= 0.3 is 5.97 Å². The fourth-order valence-electron chi connectivity index (χ4n) is 2.06. The smallest absolute Gasteiger partial charge is 0.337 e. The van der Waals surface area contributed by atoms with Crippen LogP contribution in [0.4, 0.5) is 0 Å². The normalized spacial score (nSPS) is 15.9. The quantitative estimate of drug-likeness (QED) is 0.853. The van der Waals surface area contributed by atoms with Crippen LogP contribution in [0.5, 0.6) is 11.5 Å². The fourth-order valence-corrected chi connectivity index (χ4v) is 2.06. The lowest BCUT2D eigenvalue weighted by Gasteiger charge is -2.17. The number of hydrogen-bond acceptors (Lipinski definition) is 4. The monoisotopic (exact) mass is 252 g/mol. The molecular weight excluding hydrogens is 236 g/mol. The van der Waals surface area contributed by atoms with E-state index in [1.54, 1.807) is 12.1 Å². The van der Waals surface area contributed by atoms with Crippen molar-refractivity contribution in [2.24, 2.45) is 0 Å². The molecule has 1 unspecified atom stereocenters. The van der Waals surface area contributed by atoms with Crippen LogP contribution in [0.2, 0.25) is 0 Å². The Morgan fingerprint density at radius 1 is 1.39 bits per heavy atom. The molecule has 0 bridgehead atoms. The molecule has 1 atom stereocenters. The van der Waals surface area contributed by atoms with Crippen molar-refractivity contribution in [1.82, 2.24) is 0 Å². The third-order valence-electron chi connectivity index (χ3n) is 2.94. The van der Waals surface area contributed by atoms with Crippen LogP contribution in [-0.4, -0.2) is 29.4 Å². The van der Waals surface area contributed by atoms with Gasteiger partial charge in [0.15, 0.2) is 17.6 Å². The highest BCUT2D eigenvalue weighted by Gasteiger charge is 2.24. The first-order chi connectivity index (χ1) is 8.65. The topological polar surface area (TPSA) is 76.0 Å². The number of hydrogen-bond donors (Lipinski definition) is 2. The summed E-state index contributed by atoms with van der Waals surface area (Å²) in [6.45, 7) is 3.01. The van der Waals surface area contributed by atoms with Gasteiger partial charge in [-0.25, -0.2) is 4.79 Å². The summed E-state index contributed by atoms with van der Waals surface area (Å²) in [5, 5.41) is 18.6. The number of carboxylic acids is 1. The molecule has 1 heterocycles. The lowest BCUT2D eigenvalue weighted by Crippen LogP contribution is -2.13. The standard InChI is InChI=1S/C13H16O5/c1-2-8-9(11(14)13(15)16)4-5-10-12(8)18-7-3-6-17-10/h4-5,11,14H,2-3,6-7H2,1H3,(H,15,16). The maximum atomic E-state index is 10.9. The number of carbonyl (C=O) groups is 1. The Morgan fingerprint density at radius 3 is 2.78 bits per heavy atom. The van der Waals surface area contributed by atoms with Crippen LogP contribution in [0, 0.1) is 0 Å². The van der Waals surface area contributed by atoms with Gasteiger partial charge < -0.3 is 19.7 Å². The molecule has 5 nitrogen and oxygen atoms in total. The average Bonchev–Trinajstić information content (AvgIpc) is 2.61. The molecule has 5 heteroatoms. The van der Waals surface area contributed by atoms with E-state index in [0.29, 0.717) is 42.3 Å². The molecule has 2 N–H and O–H groups in total. The van der Waals surface area contributed by atoms with Crippen LogP contribution >= 0.6 is 0 Å². The van der Waals surface area contributed by atoms with Crippen LogP contribution in [0.15, 0.2) is 12.1 Å². The van der Waals surface area contributed by atoms with Crippen molar-refractivity contribution in [1.29, 1.82) is 0 Å². The van der Waals surface area contributed by atoms with E-state index in [1.165, 1.54) is 0 Å². The summed E-state index contributed by atoms with van der Waals surface area (Å²) in [5.41, 5.74) is 1.07. The Morgan fingerprint density at radius 2 is 2.11 bits per heavy atom. The summed E-state index contributed by atoms with van der Waals surface area (Å²) in [6, 6.07) is 3.24. The molecule has 1 aromatic rings. The summed E-state index contributed by atoms with van der Waals surface area (Å²) in [5.74, 6) is -0.0855. The molecule has 0 saturated carbocycles. The highest BCUT2D eigenvalue weighted by atomic mass is 16.5. The van der Waals surface area contributed by atoms with E-state index >= 15 is 0 Å². The van der Waals surface area contributed by atoms with Gasteiger partial charge in [-0.2, -0.15) is 0 Å². The van der Waals surface area contributed by atoms with Gasteiger partial charge in [0, 0.05) is 12.0 Å². The molecule has 0 amide bonds. The van der Waals surface area contributed by atoms with Gasteiger partial charge in [-0.1, -0.05) is 13.0 Å². The fraction of sp³-hybridized carbons (Fsp3) is 0.462. The van der Waals surface area contributed by atoms with Gasteiger partial charge in [-0.3, -0.25) is 0 Å². The van der Waals surface area contributed by atoms with Crippen LogP contribution in [0.3, 0.4) is 0 Å². The second kappa shape index (κ2) is 5.27. The predicted octanol–water partition coefficient (Wildman–Crippen LogP) is 1.53. The van der Waals surface area contributed by atoms with E-state index < -0.39 is 12.1 Å². The Kier molecular flexibility index (Phi) is 3.72. The minimum absolute atomic E-state index is 0.370. The van der Waals surface area contributed by atoms with Gasteiger partial charge in [0.1, 0.15) is 0 Å². The number of rotatable bonds is 3. The lowest BCUT2D eigenvalue weighted by molar-refractivity contribution is -0.147. The molecular formula is C13H16O5. The number of aliphatic hydroxyl groups is 1. The number of fused-ring (bicyclic) bond motifs is 1. The van der Waals surface area contributed by atoms with E-state index in [9.17, 15) is 9.90 Å². The summed E-state index contributed by atoms with van der Waals surface area (Å²) in [4.78, 5) is 10.9. The van der Waals surface area contributed by atoms with Gasteiger partial charge in [0.05, 0.1) is 13.2 Å². The zero-order valence-electron chi connectivity index (χ0n) is 10.2. The predicted molar refractivity (Wildman–Crippen MR) is 64.0 cm³/mol. The number of aliphatic hydroxyl groups excluding tert-OH is 1. The van der Waals surface area contributed by atoms with Crippen molar-refractivity contribution in [2.45, 2.75) is 25.9 Å². The van der Waals surface area contributed by atoms with Crippen molar-refractivity contribution in [2.75, 3.05) is 13.2 Å². The van der Waals surface area contributed by atoms with Crippen LogP contribution in [-0.2, 0) is 11.2 Å². The highest BCUT2D eigenvalue weighted by Crippen LogP contribution is 2.38. The number of ether oxygens (including phenoxy) is 2. The maximum absolute atomic E-state index is 10.9. The van der Waals surface area contributed by atoms with Gasteiger partial charge in [-0.05, 0) is 18.1 Å². The third-order valence-corrected chi connectivity index (χ3v) is 2.94. The van der Waals surface area contributed by atoms with Gasteiger partial charge in [0.25, 0.3) is 0 Å². The summed E-state index contributed by atoms with van der Waals surface area (Å²) < 4.78 is 11.1. The molecule has 0 saturated heterocycles. The van der Waals surface area contributed by atoms with E-state index in [4.69, 9.17) is 14.6 Å². The van der Waals surface area contributed by atoms with E-state index in [0.717, 1.165) is 6.42 Å². The molecule has 1 aliphatic rings. The molecule has 18 heavy (non-hydrogen) atoms.